The quantitative estimate of drug-likeness (QED) is 0.881. The molecule has 0 spiro atoms. The minimum atomic E-state index is -4.56. The van der Waals surface area contributed by atoms with E-state index in [9.17, 15) is 18.0 Å². The summed E-state index contributed by atoms with van der Waals surface area (Å²) in [7, 11) is 0. The second-order valence-corrected chi connectivity index (χ2v) is 5.72. The molecule has 124 valence electrons. The van der Waals surface area contributed by atoms with Gasteiger partial charge in [0.05, 0.1) is 26.0 Å². The monoisotopic (exact) mass is 330 g/mol. The van der Waals surface area contributed by atoms with E-state index in [-0.39, 0.29) is 16.9 Å². The fraction of sp³-hybridized carbons (Fsp3) is 0.500. The highest BCUT2D eigenvalue weighted by molar-refractivity contribution is 6.02. The Morgan fingerprint density at radius 2 is 2.26 bits per heavy atom. The Hall–Kier alpha value is -2.43. The lowest BCUT2D eigenvalue weighted by Crippen LogP contribution is -2.43. The van der Waals surface area contributed by atoms with Gasteiger partial charge in [-0.1, -0.05) is 12.1 Å². The number of carbonyl (C=O) groups is 1. The van der Waals surface area contributed by atoms with E-state index in [2.05, 4.69) is 20.7 Å². The summed E-state index contributed by atoms with van der Waals surface area (Å²) in [6.45, 7) is 3.75. The van der Waals surface area contributed by atoms with E-state index in [0.29, 0.717) is 25.8 Å². The van der Waals surface area contributed by atoms with Crippen LogP contribution in [0.4, 0.5) is 19.0 Å². The molecule has 0 radical (unpaired) electrons. The molecule has 8 nitrogen and oxygen atoms in total. The number of alkyl halides is 3. The topological polar surface area (TPSA) is 97.7 Å². The molecule has 0 saturated carbocycles. The van der Waals surface area contributed by atoms with Crippen molar-refractivity contribution in [3.63, 3.8) is 0 Å². The smallest absolute Gasteiger partial charge is 0.380 e. The van der Waals surface area contributed by atoms with Crippen LogP contribution in [0.5, 0.6) is 0 Å². The number of hydrogen-bond donors (Lipinski definition) is 2. The number of rotatable bonds is 4. The van der Waals surface area contributed by atoms with Crippen LogP contribution in [-0.2, 0) is 17.5 Å². The first-order valence-electron chi connectivity index (χ1n) is 6.67. The largest absolute Gasteiger partial charge is 0.432 e. The summed E-state index contributed by atoms with van der Waals surface area (Å²) >= 11 is 0. The fourth-order valence-electron chi connectivity index (χ4n) is 2.12. The first-order chi connectivity index (χ1) is 10.8. The zero-order chi connectivity index (χ0) is 16.7. The number of hydrogen-bond acceptors (Lipinski definition) is 5. The second kappa shape index (κ2) is 5.33. The van der Waals surface area contributed by atoms with Gasteiger partial charge >= 0.3 is 6.18 Å². The van der Waals surface area contributed by atoms with Gasteiger partial charge in [0.2, 0.25) is 0 Å². The van der Waals surface area contributed by atoms with Crippen molar-refractivity contribution in [1.29, 1.82) is 0 Å². The number of nitrogens with one attached hydrogen (secondary N) is 2. The Morgan fingerprint density at radius 3 is 2.83 bits per heavy atom. The number of nitrogens with zero attached hydrogens (tertiary/aromatic N) is 4. The molecule has 23 heavy (non-hydrogen) atoms. The van der Waals surface area contributed by atoms with Gasteiger partial charge in [-0.05, 0) is 0 Å². The van der Waals surface area contributed by atoms with Gasteiger partial charge in [-0.15, -0.1) is 5.10 Å². The molecule has 3 rings (SSSR count). The van der Waals surface area contributed by atoms with E-state index in [4.69, 9.17) is 4.74 Å². The molecule has 0 unspecified atom stereocenters. The Labute approximate surface area is 128 Å². The van der Waals surface area contributed by atoms with Crippen LogP contribution in [0, 0.1) is 5.41 Å². The van der Waals surface area contributed by atoms with Crippen molar-refractivity contribution >= 4 is 11.7 Å². The van der Waals surface area contributed by atoms with E-state index in [1.54, 1.807) is 0 Å². The van der Waals surface area contributed by atoms with Crippen molar-refractivity contribution in [2.75, 3.05) is 18.5 Å². The van der Waals surface area contributed by atoms with Crippen LogP contribution in [0.3, 0.4) is 0 Å². The van der Waals surface area contributed by atoms with Crippen LogP contribution >= 0.6 is 0 Å². The van der Waals surface area contributed by atoms with Crippen LogP contribution in [0.25, 0.3) is 0 Å². The molecule has 1 saturated heterocycles. The van der Waals surface area contributed by atoms with Crippen molar-refractivity contribution in [3.8, 4) is 0 Å². The van der Waals surface area contributed by atoms with Crippen molar-refractivity contribution in [1.82, 2.24) is 25.2 Å². The third-order valence-electron chi connectivity index (χ3n) is 3.34. The van der Waals surface area contributed by atoms with Crippen LogP contribution in [0.15, 0.2) is 12.3 Å². The van der Waals surface area contributed by atoms with Gasteiger partial charge in [-0.2, -0.15) is 18.3 Å². The third-order valence-corrected chi connectivity index (χ3v) is 3.34. The fourth-order valence-corrected chi connectivity index (χ4v) is 2.12. The van der Waals surface area contributed by atoms with E-state index in [1.807, 2.05) is 12.0 Å². The average molecular weight is 330 g/mol. The summed E-state index contributed by atoms with van der Waals surface area (Å²) in [4.78, 5) is 11.9. The van der Waals surface area contributed by atoms with E-state index in [0.717, 1.165) is 0 Å². The van der Waals surface area contributed by atoms with Gasteiger partial charge in [-0.25, -0.2) is 0 Å². The molecule has 2 N–H and O–H groups in total. The molecular formula is C12H13F3N6O2. The molecule has 0 atom stereocenters. The van der Waals surface area contributed by atoms with Crippen LogP contribution in [0.2, 0.25) is 0 Å². The Kier molecular flexibility index (Phi) is 3.59. The molecule has 3 heterocycles. The molecule has 0 aliphatic carbocycles. The normalized spacial score (nSPS) is 16.9. The lowest BCUT2D eigenvalue weighted by molar-refractivity contribution is -0.141. The minimum absolute atomic E-state index is 0.00889. The zero-order valence-electron chi connectivity index (χ0n) is 12.0. The molecule has 1 amide bonds. The van der Waals surface area contributed by atoms with Gasteiger partial charge in [-0.3, -0.25) is 14.6 Å². The lowest BCUT2D eigenvalue weighted by Gasteiger charge is -2.37. The summed E-state index contributed by atoms with van der Waals surface area (Å²) in [5, 5.41) is 15.0. The lowest BCUT2D eigenvalue weighted by atomic mass is 9.89. The molecule has 1 aliphatic heterocycles. The Balaban J connectivity index is 1.64. The predicted octanol–water partition coefficient (Wildman–Crippen LogP) is 1.31. The van der Waals surface area contributed by atoms with Gasteiger partial charge in [0, 0.05) is 11.5 Å². The van der Waals surface area contributed by atoms with E-state index >= 15 is 0 Å². The highest BCUT2D eigenvalue weighted by Crippen LogP contribution is 2.29. The van der Waals surface area contributed by atoms with Crippen molar-refractivity contribution < 1.29 is 22.7 Å². The Morgan fingerprint density at radius 1 is 1.52 bits per heavy atom. The molecule has 0 bridgehead atoms. The molecule has 0 aromatic carbocycles. The zero-order valence-corrected chi connectivity index (χ0v) is 12.0. The number of carbonyl (C=O) groups excluding carboxylic acids is 1. The first-order valence-corrected chi connectivity index (χ1v) is 6.67. The van der Waals surface area contributed by atoms with Crippen molar-refractivity contribution in [3.05, 3.63) is 23.7 Å². The van der Waals surface area contributed by atoms with Gasteiger partial charge in [0.25, 0.3) is 5.91 Å². The van der Waals surface area contributed by atoms with Crippen LogP contribution in [-0.4, -0.2) is 44.3 Å². The predicted molar refractivity (Wildman–Crippen MR) is 70.5 cm³/mol. The number of H-pyrrole nitrogens is 1. The van der Waals surface area contributed by atoms with Crippen LogP contribution < -0.4 is 5.32 Å². The van der Waals surface area contributed by atoms with Gasteiger partial charge < -0.3 is 10.1 Å². The average Bonchev–Trinajstić information content (AvgIpc) is 3.05. The maximum absolute atomic E-state index is 12.4. The Bertz CT molecular complexity index is 718. The van der Waals surface area contributed by atoms with E-state index in [1.165, 1.54) is 10.9 Å². The summed E-state index contributed by atoms with van der Waals surface area (Å²) in [5.74, 6) is -0.928. The standard InChI is InChI=1S/C12H13F3N6O2/c1-11(5-23-6-11)4-21-3-7(17-20-21)10(22)16-9-2-8(18-19-9)12(13,14)15/h2-3H,4-6H2,1H3,(H2,16,18,19,22). The summed E-state index contributed by atoms with van der Waals surface area (Å²) in [6.07, 6.45) is -3.13. The number of halogens is 3. The van der Waals surface area contributed by atoms with Crippen molar-refractivity contribution in [2.24, 2.45) is 5.41 Å². The number of ether oxygens (including phenoxy) is 1. The SMILES string of the molecule is CC1(Cn2cc(C(=O)Nc3cc(C(F)(F)F)[nH]n3)nn2)COC1. The molecule has 2 aromatic rings. The highest BCUT2D eigenvalue weighted by Gasteiger charge is 2.35. The number of anilines is 1. The minimum Gasteiger partial charge on any atom is -0.380 e. The molecule has 1 aliphatic rings. The van der Waals surface area contributed by atoms with Crippen molar-refractivity contribution in [2.45, 2.75) is 19.6 Å². The van der Waals surface area contributed by atoms with Gasteiger partial charge in [0.15, 0.2) is 11.5 Å². The summed E-state index contributed by atoms with van der Waals surface area (Å²) in [5.41, 5.74) is -1.11. The maximum atomic E-state index is 12.4. The molecule has 2 aromatic heterocycles. The summed E-state index contributed by atoms with van der Waals surface area (Å²) in [6, 6.07) is 0.703. The third kappa shape index (κ3) is 3.33. The molecule has 1 fully saturated rings. The van der Waals surface area contributed by atoms with Crippen LogP contribution in [0.1, 0.15) is 23.1 Å². The number of aromatic nitrogens is 5. The molecular weight excluding hydrogens is 317 g/mol. The second-order valence-electron chi connectivity index (χ2n) is 5.72. The summed E-state index contributed by atoms with van der Waals surface area (Å²) < 4.78 is 44.0. The van der Waals surface area contributed by atoms with Gasteiger partial charge in [0.1, 0.15) is 5.69 Å². The first kappa shape index (κ1) is 15.5. The maximum Gasteiger partial charge on any atom is 0.432 e. The van der Waals surface area contributed by atoms with E-state index < -0.39 is 17.8 Å². The number of aromatic amines is 1. The molecule has 11 heteroatoms. The number of amides is 1. The highest BCUT2D eigenvalue weighted by atomic mass is 19.4.